The minimum absolute atomic E-state index is 0.0214. The number of piperidine rings is 1. The van der Waals surface area contributed by atoms with Gasteiger partial charge in [0.1, 0.15) is 6.61 Å². The monoisotopic (exact) mass is 578 g/mol. The van der Waals surface area contributed by atoms with Gasteiger partial charge in [0.15, 0.2) is 0 Å². The zero-order valence-corrected chi connectivity index (χ0v) is 24.3. The molecule has 8 heteroatoms. The number of carbonyl (C=O) groups excluding carboxylic acids is 2. The van der Waals surface area contributed by atoms with Crippen molar-refractivity contribution in [1.29, 1.82) is 0 Å². The van der Waals surface area contributed by atoms with Crippen LogP contribution >= 0.6 is 0 Å². The molecule has 2 aliphatic rings. The first kappa shape index (κ1) is 28.8. The SMILES string of the molecule is O=C(Cc1ccc(NC(=O)c2cccc(CN3CCCC(Nc4ccc5cnccc5c4)C3)c2)cc1)OCC1CCCO1. The second-order valence-corrected chi connectivity index (χ2v) is 11.5. The van der Waals surface area contributed by atoms with Gasteiger partial charge in [-0.2, -0.15) is 0 Å². The molecule has 43 heavy (non-hydrogen) atoms. The Morgan fingerprint density at radius 2 is 1.81 bits per heavy atom. The summed E-state index contributed by atoms with van der Waals surface area (Å²) >= 11 is 0. The molecular formula is C35H38N4O4. The molecule has 0 spiro atoms. The first-order valence-electron chi connectivity index (χ1n) is 15.2. The zero-order valence-electron chi connectivity index (χ0n) is 24.3. The van der Waals surface area contributed by atoms with E-state index in [1.165, 1.54) is 5.39 Å². The Hall–Kier alpha value is -4.27. The van der Waals surface area contributed by atoms with Crippen molar-refractivity contribution in [2.24, 2.45) is 0 Å². The number of hydrogen-bond acceptors (Lipinski definition) is 7. The molecule has 4 aromatic rings. The van der Waals surface area contributed by atoms with Crippen LogP contribution in [0.3, 0.4) is 0 Å². The van der Waals surface area contributed by atoms with Gasteiger partial charge in [-0.15, -0.1) is 0 Å². The van der Waals surface area contributed by atoms with Crippen molar-refractivity contribution >= 4 is 34.0 Å². The van der Waals surface area contributed by atoms with Gasteiger partial charge in [-0.3, -0.25) is 19.5 Å². The highest BCUT2D eigenvalue weighted by atomic mass is 16.6. The smallest absolute Gasteiger partial charge is 0.310 e. The van der Waals surface area contributed by atoms with Crippen molar-refractivity contribution in [3.8, 4) is 0 Å². The molecule has 0 radical (unpaired) electrons. The summed E-state index contributed by atoms with van der Waals surface area (Å²) in [6, 6.07) is 24.0. The van der Waals surface area contributed by atoms with Crippen LogP contribution in [0.4, 0.5) is 11.4 Å². The summed E-state index contributed by atoms with van der Waals surface area (Å²) < 4.78 is 10.9. The van der Waals surface area contributed by atoms with Crippen LogP contribution in [0.25, 0.3) is 10.8 Å². The van der Waals surface area contributed by atoms with Crippen molar-refractivity contribution in [3.05, 3.63) is 102 Å². The Balaban J connectivity index is 0.992. The molecule has 8 nitrogen and oxygen atoms in total. The number of ether oxygens (including phenoxy) is 2. The number of aromatic nitrogens is 1. The van der Waals surface area contributed by atoms with Crippen molar-refractivity contribution < 1.29 is 19.1 Å². The van der Waals surface area contributed by atoms with Crippen LogP contribution in [0, 0.1) is 0 Å². The van der Waals surface area contributed by atoms with Gasteiger partial charge < -0.3 is 20.1 Å². The summed E-state index contributed by atoms with van der Waals surface area (Å²) in [5.74, 6) is -0.429. The minimum atomic E-state index is -0.272. The Kier molecular flexibility index (Phi) is 9.25. The maximum absolute atomic E-state index is 13.1. The lowest BCUT2D eigenvalue weighted by Crippen LogP contribution is -2.41. The zero-order chi connectivity index (χ0) is 29.4. The van der Waals surface area contributed by atoms with E-state index in [9.17, 15) is 9.59 Å². The number of nitrogens with zero attached hydrogens (tertiary/aromatic N) is 2. The molecule has 0 aliphatic carbocycles. The van der Waals surface area contributed by atoms with Gasteiger partial charge in [-0.25, -0.2) is 0 Å². The number of likely N-dealkylation sites (tertiary alicyclic amines) is 1. The normalized spacial score (nSPS) is 18.8. The quantitative estimate of drug-likeness (QED) is 0.229. The standard InChI is InChI=1S/C35H38N4O4/c40-34(43-24-33-7-3-17-42-33)19-25-8-11-30(12-9-25)38-35(41)28-5-1-4-26(18-28)22-39-16-2-6-32(23-39)37-31-13-10-29-21-36-15-14-27(29)20-31/h1,4-5,8-15,18,20-21,32-33,37H,2-3,6-7,16-17,19,22-24H2,(H,38,41). The summed E-state index contributed by atoms with van der Waals surface area (Å²) in [7, 11) is 0. The fraction of sp³-hybridized carbons (Fsp3) is 0.343. The highest BCUT2D eigenvalue weighted by Crippen LogP contribution is 2.22. The number of pyridine rings is 1. The number of fused-ring (bicyclic) bond motifs is 1. The average Bonchev–Trinajstić information content (AvgIpc) is 3.55. The van der Waals surface area contributed by atoms with E-state index in [-0.39, 0.29) is 24.4 Å². The number of carbonyl (C=O) groups is 2. The average molecular weight is 579 g/mol. The Morgan fingerprint density at radius 1 is 0.930 bits per heavy atom. The number of anilines is 2. The van der Waals surface area contributed by atoms with Gasteiger partial charge in [0.25, 0.3) is 5.91 Å². The van der Waals surface area contributed by atoms with E-state index < -0.39 is 0 Å². The molecule has 0 bridgehead atoms. The van der Waals surface area contributed by atoms with Gasteiger partial charge >= 0.3 is 5.97 Å². The molecule has 2 atom stereocenters. The molecule has 222 valence electrons. The molecule has 2 aliphatic heterocycles. The van der Waals surface area contributed by atoms with Crippen LogP contribution in [-0.2, 0) is 27.2 Å². The second kappa shape index (κ2) is 13.8. The fourth-order valence-corrected chi connectivity index (χ4v) is 5.88. The highest BCUT2D eigenvalue weighted by molar-refractivity contribution is 6.04. The summed E-state index contributed by atoms with van der Waals surface area (Å²) in [5.41, 5.74) is 4.39. The third-order valence-electron chi connectivity index (χ3n) is 8.13. The maximum Gasteiger partial charge on any atom is 0.310 e. The fourth-order valence-electron chi connectivity index (χ4n) is 5.88. The van der Waals surface area contributed by atoms with Gasteiger partial charge in [0.05, 0.1) is 12.5 Å². The lowest BCUT2D eigenvalue weighted by atomic mass is 10.0. The van der Waals surface area contributed by atoms with E-state index in [0.717, 1.165) is 74.1 Å². The molecule has 2 N–H and O–H groups in total. The molecule has 1 aromatic heterocycles. The third-order valence-corrected chi connectivity index (χ3v) is 8.13. The predicted molar refractivity (Wildman–Crippen MR) is 168 cm³/mol. The molecule has 3 heterocycles. The minimum Gasteiger partial charge on any atom is -0.463 e. The van der Waals surface area contributed by atoms with Crippen LogP contribution in [0.5, 0.6) is 0 Å². The first-order valence-corrected chi connectivity index (χ1v) is 15.2. The maximum atomic E-state index is 13.1. The lowest BCUT2D eigenvalue weighted by Gasteiger charge is -2.33. The van der Waals surface area contributed by atoms with E-state index in [4.69, 9.17) is 9.47 Å². The van der Waals surface area contributed by atoms with Crippen LogP contribution in [-0.4, -0.2) is 60.2 Å². The molecule has 3 aromatic carbocycles. The number of hydrogen-bond donors (Lipinski definition) is 2. The third kappa shape index (κ3) is 7.97. The molecule has 2 saturated heterocycles. The second-order valence-electron chi connectivity index (χ2n) is 11.5. The predicted octanol–water partition coefficient (Wildman–Crippen LogP) is 5.83. The molecule has 1 amide bonds. The van der Waals surface area contributed by atoms with E-state index in [1.807, 2.05) is 60.9 Å². The van der Waals surface area contributed by atoms with Crippen molar-refractivity contribution in [3.63, 3.8) is 0 Å². The number of rotatable bonds is 10. The van der Waals surface area contributed by atoms with Gasteiger partial charge in [0, 0.05) is 60.5 Å². The molecule has 2 unspecified atom stereocenters. The van der Waals surface area contributed by atoms with Crippen LogP contribution in [0.1, 0.15) is 47.2 Å². The summed E-state index contributed by atoms with van der Waals surface area (Å²) in [5, 5.41) is 9.03. The van der Waals surface area contributed by atoms with Crippen molar-refractivity contribution in [2.45, 2.75) is 50.8 Å². The van der Waals surface area contributed by atoms with Crippen LogP contribution in [0.15, 0.2) is 85.2 Å². The topological polar surface area (TPSA) is 92.8 Å². The molecule has 6 rings (SSSR count). The van der Waals surface area contributed by atoms with E-state index in [0.29, 0.717) is 23.9 Å². The molecular weight excluding hydrogens is 540 g/mol. The van der Waals surface area contributed by atoms with Crippen molar-refractivity contribution in [2.75, 3.05) is 36.9 Å². The van der Waals surface area contributed by atoms with E-state index in [2.05, 4.69) is 44.8 Å². The van der Waals surface area contributed by atoms with Crippen LogP contribution in [0.2, 0.25) is 0 Å². The van der Waals surface area contributed by atoms with E-state index >= 15 is 0 Å². The van der Waals surface area contributed by atoms with E-state index in [1.54, 1.807) is 0 Å². The molecule has 2 fully saturated rings. The summed E-state index contributed by atoms with van der Waals surface area (Å²) in [4.78, 5) is 31.9. The first-order chi connectivity index (χ1) is 21.1. The number of nitrogens with one attached hydrogen (secondary N) is 2. The number of esters is 1. The van der Waals surface area contributed by atoms with Gasteiger partial charge in [-0.1, -0.05) is 30.3 Å². The highest BCUT2D eigenvalue weighted by Gasteiger charge is 2.21. The summed E-state index contributed by atoms with van der Waals surface area (Å²) in [6.45, 7) is 3.82. The van der Waals surface area contributed by atoms with Crippen LogP contribution < -0.4 is 10.6 Å². The number of benzene rings is 3. The van der Waals surface area contributed by atoms with Gasteiger partial charge in [-0.05, 0) is 91.2 Å². The van der Waals surface area contributed by atoms with Crippen molar-refractivity contribution in [1.82, 2.24) is 9.88 Å². The molecule has 0 saturated carbocycles. The summed E-state index contributed by atoms with van der Waals surface area (Å²) in [6.07, 6.45) is 8.13. The lowest BCUT2D eigenvalue weighted by molar-refractivity contribution is -0.146. The Morgan fingerprint density at radius 3 is 2.67 bits per heavy atom. The van der Waals surface area contributed by atoms with Gasteiger partial charge in [0.2, 0.25) is 0 Å². The largest absolute Gasteiger partial charge is 0.463 e. The Bertz CT molecular complexity index is 1550. The number of amides is 1. The Labute approximate surface area is 252 Å².